The first-order chi connectivity index (χ1) is 16.5. The molecule has 0 radical (unpaired) electrons. The van der Waals surface area contributed by atoms with E-state index in [0.717, 1.165) is 0 Å². The predicted molar refractivity (Wildman–Crippen MR) is 139 cm³/mol. The Morgan fingerprint density at radius 2 is 1.54 bits per heavy atom. The molecular formula is C24H17Cl4FN2O3S. The van der Waals surface area contributed by atoms with Crippen LogP contribution in [0.3, 0.4) is 0 Å². The number of alkyl halides is 2. The van der Waals surface area contributed by atoms with Crippen molar-refractivity contribution in [1.82, 2.24) is 0 Å². The quantitative estimate of drug-likeness (QED) is 0.256. The zero-order valence-electron chi connectivity index (χ0n) is 18.0. The molecule has 2 amide bonds. The van der Waals surface area contributed by atoms with Gasteiger partial charge in [-0.2, -0.15) is 0 Å². The van der Waals surface area contributed by atoms with E-state index in [-0.39, 0.29) is 16.1 Å². The zero-order valence-corrected chi connectivity index (χ0v) is 21.8. The molecule has 1 unspecified atom stereocenters. The molecule has 0 aromatic heterocycles. The first-order valence-electron chi connectivity index (χ1n) is 10.2. The molecule has 4 rings (SSSR count). The first-order valence-corrected chi connectivity index (χ1v) is 13.2. The summed E-state index contributed by atoms with van der Waals surface area (Å²) in [6.45, 7) is 0. The van der Waals surface area contributed by atoms with E-state index in [1.807, 2.05) is 0 Å². The summed E-state index contributed by atoms with van der Waals surface area (Å²) in [5.74, 6) is -2.81. The van der Waals surface area contributed by atoms with Crippen LogP contribution in [0, 0.1) is 11.7 Å². The Kier molecular flexibility index (Phi) is 7.57. The molecule has 5 nitrogen and oxygen atoms in total. The number of carbonyl (C=O) groups excluding carboxylic acids is 2. The van der Waals surface area contributed by atoms with Crippen LogP contribution in [-0.4, -0.2) is 27.0 Å². The molecule has 1 saturated carbocycles. The molecule has 0 saturated heterocycles. The van der Waals surface area contributed by atoms with E-state index < -0.39 is 45.0 Å². The van der Waals surface area contributed by atoms with E-state index in [9.17, 15) is 18.5 Å². The molecule has 3 aromatic carbocycles. The lowest BCUT2D eigenvalue weighted by Gasteiger charge is -2.13. The Morgan fingerprint density at radius 3 is 2.14 bits per heavy atom. The average molecular weight is 574 g/mol. The van der Waals surface area contributed by atoms with Crippen molar-refractivity contribution in [2.24, 2.45) is 5.92 Å². The number of amides is 2. The van der Waals surface area contributed by atoms with Gasteiger partial charge in [0.05, 0.1) is 11.5 Å². The smallest absolute Gasteiger partial charge is 0.260 e. The highest BCUT2D eigenvalue weighted by atomic mass is 35.5. The van der Waals surface area contributed by atoms with Crippen molar-refractivity contribution in [3.05, 3.63) is 87.7 Å². The van der Waals surface area contributed by atoms with Crippen LogP contribution >= 0.6 is 46.4 Å². The summed E-state index contributed by atoms with van der Waals surface area (Å²) in [6.07, 6.45) is 1.43. The fourth-order valence-electron chi connectivity index (χ4n) is 3.81. The largest absolute Gasteiger partial charge is 0.612 e. The minimum Gasteiger partial charge on any atom is -0.612 e. The van der Waals surface area contributed by atoms with Crippen molar-refractivity contribution in [2.75, 3.05) is 16.9 Å². The second kappa shape index (κ2) is 10.2. The maximum absolute atomic E-state index is 13.2. The summed E-state index contributed by atoms with van der Waals surface area (Å²) in [5, 5.41) is 6.13. The maximum atomic E-state index is 13.2. The van der Waals surface area contributed by atoms with E-state index in [1.165, 1.54) is 48.7 Å². The minimum atomic E-state index is -1.49. The Morgan fingerprint density at radius 1 is 0.943 bits per heavy atom. The highest BCUT2D eigenvalue weighted by Gasteiger charge is 2.67. The van der Waals surface area contributed by atoms with Gasteiger partial charge in [0.15, 0.2) is 4.90 Å². The number of nitrogens with one attached hydrogen (secondary N) is 2. The van der Waals surface area contributed by atoms with E-state index >= 15 is 0 Å². The van der Waals surface area contributed by atoms with Crippen LogP contribution in [0.15, 0.2) is 65.6 Å². The number of halogens is 5. The molecule has 1 fully saturated rings. The third-order valence-electron chi connectivity index (χ3n) is 5.48. The zero-order chi connectivity index (χ0) is 25.5. The Bertz CT molecular complexity index is 1280. The molecule has 3 aromatic rings. The predicted octanol–water partition coefficient (Wildman–Crippen LogP) is 6.65. The molecule has 3 atom stereocenters. The van der Waals surface area contributed by atoms with Crippen LogP contribution in [0.1, 0.15) is 21.8 Å². The normalized spacial score (nSPS) is 19.1. The topological polar surface area (TPSA) is 81.3 Å². The van der Waals surface area contributed by atoms with Gasteiger partial charge in [-0.3, -0.25) is 9.59 Å². The number of benzene rings is 3. The number of rotatable bonds is 6. The Labute approximate surface area is 224 Å². The molecule has 0 bridgehead atoms. The van der Waals surface area contributed by atoms with E-state index in [0.29, 0.717) is 21.3 Å². The SMILES string of the molecule is C[S+]([O-])c1ccc(NC(=O)[C@H]2[C@H](c3cc(Cl)cc(Cl)c3)C2(Cl)Cl)cc1C(=O)Nc1ccc(F)cc1. The molecule has 11 heteroatoms. The van der Waals surface area contributed by atoms with Gasteiger partial charge in [0.25, 0.3) is 5.91 Å². The maximum Gasteiger partial charge on any atom is 0.260 e. The van der Waals surface area contributed by atoms with Crippen LogP contribution in [-0.2, 0) is 16.0 Å². The van der Waals surface area contributed by atoms with Gasteiger partial charge >= 0.3 is 0 Å². The lowest BCUT2D eigenvalue weighted by molar-refractivity contribution is -0.117. The number of carbonyl (C=O) groups is 2. The molecular weight excluding hydrogens is 557 g/mol. The van der Waals surface area contributed by atoms with Gasteiger partial charge in [0.1, 0.15) is 16.4 Å². The molecule has 1 aliphatic rings. The van der Waals surface area contributed by atoms with Crippen molar-refractivity contribution in [1.29, 1.82) is 0 Å². The Hall–Kier alpha value is -2.00. The van der Waals surface area contributed by atoms with Gasteiger partial charge in [0, 0.05) is 27.3 Å². The van der Waals surface area contributed by atoms with E-state index in [4.69, 9.17) is 46.4 Å². The van der Waals surface area contributed by atoms with Crippen LogP contribution in [0.5, 0.6) is 0 Å². The lowest BCUT2D eigenvalue weighted by Crippen LogP contribution is -2.19. The third-order valence-corrected chi connectivity index (χ3v) is 7.84. The minimum absolute atomic E-state index is 0.0879. The summed E-state index contributed by atoms with van der Waals surface area (Å²) in [7, 11) is 0. The highest BCUT2D eigenvalue weighted by Crippen LogP contribution is 2.65. The van der Waals surface area contributed by atoms with Crippen molar-refractivity contribution >= 4 is 80.8 Å². The monoisotopic (exact) mass is 572 g/mol. The van der Waals surface area contributed by atoms with Gasteiger partial charge < -0.3 is 15.2 Å². The first kappa shape index (κ1) is 26.1. The Balaban J connectivity index is 1.55. The van der Waals surface area contributed by atoms with E-state index in [2.05, 4.69) is 10.6 Å². The second-order valence-corrected chi connectivity index (χ2v) is 11.6. The lowest BCUT2D eigenvalue weighted by atomic mass is 10.1. The fourth-order valence-corrected chi connectivity index (χ4v) is 5.90. The van der Waals surface area contributed by atoms with Crippen molar-refractivity contribution in [3.63, 3.8) is 0 Å². The van der Waals surface area contributed by atoms with E-state index in [1.54, 1.807) is 18.2 Å². The van der Waals surface area contributed by atoms with Crippen LogP contribution < -0.4 is 10.6 Å². The second-order valence-electron chi connectivity index (χ2n) is 7.95. The molecule has 0 spiro atoms. The molecule has 0 aliphatic heterocycles. The van der Waals surface area contributed by atoms with Crippen molar-refractivity contribution in [3.8, 4) is 0 Å². The molecule has 0 heterocycles. The summed E-state index contributed by atoms with van der Waals surface area (Å²) in [6, 6.07) is 14.5. The summed E-state index contributed by atoms with van der Waals surface area (Å²) >= 11 is 23.5. The van der Waals surface area contributed by atoms with Crippen molar-refractivity contribution < 1.29 is 18.5 Å². The van der Waals surface area contributed by atoms with Crippen molar-refractivity contribution in [2.45, 2.75) is 15.1 Å². The number of anilines is 2. The number of hydrogen-bond donors (Lipinski definition) is 2. The third kappa shape index (κ3) is 5.71. The van der Waals surface area contributed by atoms with Gasteiger partial charge in [0.2, 0.25) is 5.91 Å². The fraction of sp³-hybridized carbons (Fsp3) is 0.167. The van der Waals surface area contributed by atoms with Gasteiger partial charge in [-0.05, 0) is 77.4 Å². The average Bonchev–Trinajstić information content (AvgIpc) is 3.36. The number of hydrogen-bond acceptors (Lipinski definition) is 3. The van der Waals surface area contributed by atoms with Crippen LogP contribution in [0.2, 0.25) is 10.0 Å². The standard InChI is InChI=1S/C24H17Cl4FN2O3S/c1-35(34)19-7-6-17(11-18(19)22(32)30-16-4-2-15(29)3-5-16)31-23(33)21-20(24(21,27)28)12-8-13(25)10-14(26)9-12/h2-11,20-21H,1H3,(H,30,32)(H,31,33)/t20-,21+,35?/m0/s1. The summed E-state index contributed by atoms with van der Waals surface area (Å²) < 4.78 is 24.0. The van der Waals surface area contributed by atoms with Gasteiger partial charge in [-0.25, -0.2) is 4.39 Å². The summed E-state index contributed by atoms with van der Waals surface area (Å²) in [5.41, 5.74) is 1.36. The van der Waals surface area contributed by atoms with Gasteiger partial charge in [-0.15, -0.1) is 23.2 Å². The molecule has 35 heavy (non-hydrogen) atoms. The van der Waals surface area contributed by atoms with Crippen LogP contribution in [0.4, 0.5) is 15.8 Å². The molecule has 2 N–H and O–H groups in total. The van der Waals surface area contributed by atoms with Crippen LogP contribution in [0.25, 0.3) is 0 Å². The molecule has 182 valence electrons. The van der Waals surface area contributed by atoms with Gasteiger partial charge in [-0.1, -0.05) is 23.2 Å². The highest BCUT2D eigenvalue weighted by molar-refractivity contribution is 7.90. The molecule has 1 aliphatic carbocycles. The summed E-state index contributed by atoms with van der Waals surface area (Å²) in [4.78, 5) is 26.2.